The lowest BCUT2D eigenvalue weighted by atomic mass is 9.91. The fourth-order valence-electron chi connectivity index (χ4n) is 1.94. The van der Waals surface area contributed by atoms with E-state index >= 15 is 0 Å². The summed E-state index contributed by atoms with van der Waals surface area (Å²) in [6.45, 7) is 3.68. The molecule has 1 rings (SSSR count). The van der Waals surface area contributed by atoms with Gasteiger partial charge in [0.05, 0.1) is 0 Å². The Hall–Kier alpha value is -0.770. The summed E-state index contributed by atoms with van der Waals surface area (Å²) in [4.78, 5) is 12.6. The van der Waals surface area contributed by atoms with Gasteiger partial charge in [-0.3, -0.25) is 0 Å². The Morgan fingerprint density at radius 1 is 1.50 bits per heavy atom. The monoisotopic (exact) mass is 199 g/mol. The molecule has 0 spiro atoms. The van der Waals surface area contributed by atoms with Crippen molar-refractivity contribution in [2.24, 2.45) is 17.4 Å². The first-order valence-corrected chi connectivity index (χ1v) is 5.39. The summed E-state index contributed by atoms with van der Waals surface area (Å²) in [5.74, 6) is 0.733. The Morgan fingerprint density at radius 3 is 2.50 bits per heavy atom. The smallest absolute Gasteiger partial charge is 0.314 e. The molecule has 1 unspecified atom stereocenters. The number of carbonyl (C=O) groups excluding carboxylic acids is 1. The molecule has 1 aliphatic heterocycles. The topological polar surface area (TPSA) is 72.3 Å². The van der Waals surface area contributed by atoms with Crippen LogP contribution >= 0.6 is 0 Å². The minimum Gasteiger partial charge on any atom is -0.351 e. The van der Waals surface area contributed by atoms with E-state index in [1.165, 1.54) is 6.42 Å². The van der Waals surface area contributed by atoms with Gasteiger partial charge in [0.15, 0.2) is 0 Å². The van der Waals surface area contributed by atoms with E-state index in [9.17, 15) is 4.79 Å². The van der Waals surface area contributed by atoms with Crippen molar-refractivity contribution in [2.45, 2.75) is 38.6 Å². The Balaban J connectivity index is 2.19. The number of hydrogen-bond donors (Lipinski definition) is 2. The number of carbonyl (C=O) groups is 1. The van der Waals surface area contributed by atoms with E-state index in [1.807, 2.05) is 6.92 Å². The van der Waals surface area contributed by atoms with Crippen LogP contribution in [0, 0.1) is 5.92 Å². The van der Waals surface area contributed by atoms with Crippen LogP contribution in [0.4, 0.5) is 4.79 Å². The zero-order chi connectivity index (χ0) is 10.6. The summed E-state index contributed by atoms with van der Waals surface area (Å²) in [7, 11) is 0. The van der Waals surface area contributed by atoms with E-state index < -0.39 is 0 Å². The quantitative estimate of drug-likeness (QED) is 0.709. The van der Waals surface area contributed by atoms with Crippen molar-refractivity contribution in [3.05, 3.63) is 0 Å². The minimum atomic E-state index is -0.282. The molecule has 1 aliphatic rings. The zero-order valence-electron chi connectivity index (χ0n) is 8.91. The summed E-state index contributed by atoms with van der Waals surface area (Å²) in [6.07, 6.45) is 4.43. The van der Waals surface area contributed by atoms with E-state index in [1.54, 1.807) is 4.90 Å². The molecule has 0 aromatic rings. The third kappa shape index (κ3) is 3.54. The van der Waals surface area contributed by atoms with E-state index in [0.29, 0.717) is 6.04 Å². The minimum absolute atomic E-state index is 0.282. The molecule has 0 radical (unpaired) electrons. The van der Waals surface area contributed by atoms with Crippen LogP contribution in [-0.4, -0.2) is 30.1 Å². The maximum atomic E-state index is 10.9. The molecule has 0 saturated carbocycles. The molecule has 82 valence electrons. The molecule has 4 heteroatoms. The van der Waals surface area contributed by atoms with Gasteiger partial charge in [-0.2, -0.15) is 0 Å². The molecule has 1 heterocycles. The number of nitrogens with two attached hydrogens (primary N) is 2. The summed E-state index contributed by atoms with van der Waals surface area (Å²) in [6, 6.07) is 0.0137. The average Bonchev–Trinajstić information content (AvgIpc) is 2.15. The molecule has 0 bridgehead atoms. The number of piperidine rings is 1. The number of amides is 2. The van der Waals surface area contributed by atoms with Gasteiger partial charge in [-0.25, -0.2) is 4.79 Å². The van der Waals surface area contributed by atoms with Crippen LogP contribution in [-0.2, 0) is 0 Å². The van der Waals surface area contributed by atoms with Gasteiger partial charge < -0.3 is 16.4 Å². The first kappa shape index (κ1) is 11.3. The SMILES string of the molecule is CC(N)CCC1CCN(C(N)=O)CC1. The molecule has 0 aromatic heterocycles. The molecule has 1 fully saturated rings. The number of rotatable bonds is 3. The van der Waals surface area contributed by atoms with Gasteiger partial charge in [-0.05, 0) is 38.5 Å². The largest absolute Gasteiger partial charge is 0.351 e. The summed E-state index contributed by atoms with van der Waals surface area (Å²) < 4.78 is 0. The second kappa shape index (κ2) is 5.20. The van der Waals surface area contributed by atoms with Crippen molar-refractivity contribution < 1.29 is 4.79 Å². The van der Waals surface area contributed by atoms with Crippen LogP contribution in [0.3, 0.4) is 0 Å². The van der Waals surface area contributed by atoms with Gasteiger partial charge >= 0.3 is 6.03 Å². The summed E-state index contributed by atoms with van der Waals surface area (Å²) in [5.41, 5.74) is 10.9. The van der Waals surface area contributed by atoms with Crippen LogP contribution in [0.15, 0.2) is 0 Å². The molecular weight excluding hydrogens is 178 g/mol. The Bertz CT molecular complexity index is 186. The third-order valence-electron chi connectivity index (χ3n) is 2.96. The van der Waals surface area contributed by atoms with E-state index in [4.69, 9.17) is 11.5 Å². The van der Waals surface area contributed by atoms with E-state index in [2.05, 4.69) is 0 Å². The number of likely N-dealkylation sites (tertiary alicyclic amines) is 1. The number of hydrogen-bond acceptors (Lipinski definition) is 2. The van der Waals surface area contributed by atoms with Gasteiger partial charge in [-0.1, -0.05) is 0 Å². The van der Waals surface area contributed by atoms with Gasteiger partial charge in [0.2, 0.25) is 0 Å². The van der Waals surface area contributed by atoms with Crippen LogP contribution in [0.1, 0.15) is 32.6 Å². The molecule has 0 aliphatic carbocycles. The lowest BCUT2D eigenvalue weighted by Gasteiger charge is -2.31. The van der Waals surface area contributed by atoms with Crippen LogP contribution < -0.4 is 11.5 Å². The molecule has 2 amide bonds. The Labute approximate surface area is 85.6 Å². The van der Waals surface area contributed by atoms with Crippen molar-refractivity contribution in [2.75, 3.05) is 13.1 Å². The highest BCUT2D eigenvalue weighted by Crippen LogP contribution is 2.21. The van der Waals surface area contributed by atoms with Crippen LogP contribution in [0.5, 0.6) is 0 Å². The molecule has 0 aromatic carbocycles. The lowest BCUT2D eigenvalue weighted by Crippen LogP contribution is -2.41. The van der Waals surface area contributed by atoms with Gasteiger partial charge in [0.1, 0.15) is 0 Å². The van der Waals surface area contributed by atoms with Gasteiger partial charge in [-0.15, -0.1) is 0 Å². The lowest BCUT2D eigenvalue weighted by molar-refractivity contribution is 0.175. The highest BCUT2D eigenvalue weighted by Gasteiger charge is 2.20. The zero-order valence-corrected chi connectivity index (χ0v) is 8.91. The Kier molecular flexibility index (Phi) is 4.20. The first-order valence-electron chi connectivity index (χ1n) is 5.39. The second-order valence-electron chi connectivity index (χ2n) is 4.32. The van der Waals surface area contributed by atoms with Crippen molar-refractivity contribution in [1.29, 1.82) is 0 Å². The standard InChI is InChI=1S/C10H21N3O/c1-8(11)2-3-9-4-6-13(7-5-9)10(12)14/h8-9H,2-7,11H2,1H3,(H2,12,14). The molecule has 14 heavy (non-hydrogen) atoms. The maximum absolute atomic E-state index is 10.9. The van der Waals surface area contributed by atoms with Crippen molar-refractivity contribution in [3.63, 3.8) is 0 Å². The van der Waals surface area contributed by atoms with Crippen molar-refractivity contribution >= 4 is 6.03 Å². The molecular formula is C10H21N3O. The van der Waals surface area contributed by atoms with Crippen LogP contribution in [0.2, 0.25) is 0 Å². The normalized spacial score (nSPS) is 20.9. The predicted octanol–water partition coefficient (Wildman–Crippen LogP) is 0.905. The predicted molar refractivity (Wildman–Crippen MR) is 56.8 cm³/mol. The number of primary amides is 1. The van der Waals surface area contributed by atoms with Crippen LogP contribution in [0.25, 0.3) is 0 Å². The number of nitrogens with zero attached hydrogens (tertiary/aromatic N) is 1. The third-order valence-corrected chi connectivity index (χ3v) is 2.96. The van der Waals surface area contributed by atoms with E-state index in [-0.39, 0.29) is 6.03 Å². The highest BCUT2D eigenvalue weighted by molar-refractivity contribution is 5.72. The molecule has 1 saturated heterocycles. The molecule has 4 N–H and O–H groups in total. The van der Waals surface area contributed by atoms with Gasteiger partial charge in [0.25, 0.3) is 0 Å². The summed E-state index contributed by atoms with van der Waals surface area (Å²) >= 11 is 0. The summed E-state index contributed by atoms with van der Waals surface area (Å²) in [5, 5.41) is 0. The van der Waals surface area contributed by atoms with Gasteiger partial charge in [0, 0.05) is 19.1 Å². The van der Waals surface area contributed by atoms with Crippen molar-refractivity contribution in [3.8, 4) is 0 Å². The second-order valence-corrected chi connectivity index (χ2v) is 4.32. The first-order chi connectivity index (χ1) is 6.59. The Morgan fingerprint density at radius 2 is 2.07 bits per heavy atom. The number of urea groups is 1. The maximum Gasteiger partial charge on any atom is 0.314 e. The molecule has 4 nitrogen and oxygen atoms in total. The average molecular weight is 199 g/mol. The fourth-order valence-corrected chi connectivity index (χ4v) is 1.94. The van der Waals surface area contributed by atoms with E-state index in [0.717, 1.165) is 38.3 Å². The fraction of sp³-hybridized carbons (Fsp3) is 0.900. The molecule has 1 atom stereocenters. The van der Waals surface area contributed by atoms with Crippen molar-refractivity contribution in [1.82, 2.24) is 4.90 Å². The highest BCUT2D eigenvalue weighted by atomic mass is 16.2.